The third-order valence-corrected chi connectivity index (χ3v) is 5.48. The van der Waals surface area contributed by atoms with E-state index in [-0.39, 0.29) is 11.5 Å². The fourth-order valence-corrected chi connectivity index (χ4v) is 3.86. The van der Waals surface area contributed by atoms with Gasteiger partial charge >= 0.3 is 0 Å². The lowest BCUT2D eigenvalue weighted by atomic mass is 10.4. The summed E-state index contributed by atoms with van der Waals surface area (Å²) >= 11 is 1.42. The van der Waals surface area contributed by atoms with Gasteiger partial charge in [0.25, 0.3) is 5.56 Å². The zero-order valence-electron chi connectivity index (χ0n) is 16.4. The van der Waals surface area contributed by atoms with Crippen LogP contribution in [0.5, 0.6) is 0 Å². The summed E-state index contributed by atoms with van der Waals surface area (Å²) in [6.07, 6.45) is 0. The van der Waals surface area contributed by atoms with Gasteiger partial charge in [0.2, 0.25) is 11.9 Å². The Balaban J connectivity index is 1.99. The molecule has 150 valence electrons. The number of aromatic nitrogens is 4. The van der Waals surface area contributed by atoms with Crippen molar-refractivity contribution in [1.29, 1.82) is 0 Å². The van der Waals surface area contributed by atoms with Crippen LogP contribution in [0.2, 0.25) is 0 Å². The molecule has 10 heteroatoms. The minimum atomic E-state index is -0.140. The molecule has 2 aromatic rings. The number of hydrogen-bond acceptors (Lipinski definition) is 7. The number of fused-ring (bicyclic) bond motifs is 1. The van der Waals surface area contributed by atoms with Crippen molar-refractivity contribution < 1.29 is 4.79 Å². The maximum atomic E-state index is 13.1. The fraction of sp³-hybridized carbons (Fsp3) is 0.556. The van der Waals surface area contributed by atoms with Crippen molar-refractivity contribution in [3.05, 3.63) is 10.4 Å². The van der Waals surface area contributed by atoms with Crippen LogP contribution >= 0.6 is 11.8 Å². The number of carbonyl (C=O) groups is 1. The maximum absolute atomic E-state index is 13.1. The fourth-order valence-electron chi connectivity index (χ4n) is 3.04. The summed E-state index contributed by atoms with van der Waals surface area (Å²) in [4.78, 5) is 35.6. The highest BCUT2D eigenvalue weighted by Crippen LogP contribution is 2.22. The van der Waals surface area contributed by atoms with E-state index in [1.807, 2.05) is 4.57 Å². The zero-order chi connectivity index (χ0) is 20.1. The van der Waals surface area contributed by atoms with Crippen molar-refractivity contribution in [2.45, 2.75) is 25.5 Å². The molecule has 28 heavy (non-hydrogen) atoms. The van der Waals surface area contributed by atoms with Gasteiger partial charge in [-0.2, -0.15) is 4.98 Å². The molecule has 0 saturated carbocycles. The van der Waals surface area contributed by atoms with Gasteiger partial charge in [0.1, 0.15) is 0 Å². The minimum absolute atomic E-state index is 0.0747. The lowest BCUT2D eigenvalue weighted by Gasteiger charge is -2.28. The standard InChI is InChI=1S/C18H25N7O2S/c1-4-5-9-25-14-15(21-17(25)24-10-6-19-7-11-24)22-18(23(3)16(14)27)28-12-8-20-13(2)26/h19H,6-12H2,1-3H3,(H,20,26). The maximum Gasteiger partial charge on any atom is 0.280 e. The molecule has 1 aliphatic heterocycles. The van der Waals surface area contributed by atoms with E-state index in [9.17, 15) is 9.59 Å². The second-order valence-corrected chi connectivity index (χ2v) is 7.49. The van der Waals surface area contributed by atoms with E-state index >= 15 is 0 Å². The molecule has 0 aromatic carbocycles. The lowest BCUT2D eigenvalue weighted by molar-refractivity contribution is -0.118. The summed E-state index contributed by atoms with van der Waals surface area (Å²) in [6.45, 7) is 7.57. The van der Waals surface area contributed by atoms with E-state index in [2.05, 4.69) is 32.4 Å². The number of thioether (sulfide) groups is 1. The van der Waals surface area contributed by atoms with Crippen molar-refractivity contribution in [2.75, 3.05) is 43.4 Å². The van der Waals surface area contributed by atoms with Gasteiger partial charge in [0.15, 0.2) is 16.3 Å². The van der Waals surface area contributed by atoms with E-state index < -0.39 is 0 Å². The molecule has 0 radical (unpaired) electrons. The van der Waals surface area contributed by atoms with Crippen LogP contribution in [0.4, 0.5) is 5.95 Å². The predicted molar refractivity (Wildman–Crippen MR) is 111 cm³/mol. The molecule has 1 amide bonds. The van der Waals surface area contributed by atoms with Crippen LogP contribution in [0, 0.1) is 11.8 Å². The number of rotatable bonds is 6. The van der Waals surface area contributed by atoms with E-state index in [4.69, 9.17) is 4.98 Å². The third-order valence-electron chi connectivity index (χ3n) is 4.45. The molecule has 1 saturated heterocycles. The normalized spacial score (nSPS) is 14.0. The quantitative estimate of drug-likeness (QED) is 0.298. The Morgan fingerprint density at radius 1 is 1.32 bits per heavy atom. The highest BCUT2D eigenvalue weighted by Gasteiger charge is 2.22. The predicted octanol–water partition coefficient (Wildman–Crippen LogP) is -0.209. The number of hydrogen-bond donors (Lipinski definition) is 2. The Kier molecular flexibility index (Phi) is 6.59. The van der Waals surface area contributed by atoms with Crippen molar-refractivity contribution in [2.24, 2.45) is 7.05 Å². The van der Waals surface area contributed by atoms with E-state index in [1.54, 1.807) is 18.5 Å². The topological polar surface area (TPSA) is 97.1 Å². The number of piperazine rings is 1. The first-order chi connectivity index (χ1) is 13.5. The molecule has 2 N–H and O–H groups in total. The summed E-state index contributed by atoms with van der Waals surface area (Å²) in [5.41, 5.74) is 0.778. The largest absolute Gasteiger partial charge is 0.356 e. The summed E-state index contributed by atoms with van der Waals surface area (Å²) in [5, 5.41) is 6.65. The Bertz CT molecular complexity index is 980. The van der Waals surface area contributed by atoms with E-state index in [0.717, 1.165) is 32.1 Å². The first-order valence-electron chi connectivity index (χ1n) is 9.22. The van der Waals surface area contributed by atoms with Crippen LogP contribution in [0.1, 0.15) is 13.8 Å². The van der Waals surface area contributed by atoms with Crippen LogP contribution in [0.3, 0.4) is 0 Å². The van der Waals surface area contributed by atoms with Gasteiger partial charge in [0.05, 0.1) is 6.54 Å². The van der Waals surface area contributed by atoms with Crippen molar-refractivity contribution >= 4 is 34.8 Å². The molecule has 0 spiro atoms. The summed E-state index contributed by atoms with van der Waals surface area (Å²) < 4.78 is 3.41. The smallest absolute Gasteiger partial charge is 0.280 e. The molecule has 0 unspecified atom stereocenters. The SMILES string of the molecule is CC#CCn1c(N2CCNCC2)nc2nc(SCCNC(C)=O)n(C)c(=O)c21. The highest BCUT2D eigenvalue weighted by atomic mass is 32.2. The van der Waals surface area contributed by atoms with Crippen molar-refractivity contribution in [3.8, 4) is 11.8 Å². The second-order valence-electron chi connectivity index (χ2n) is 6.42. The molecular weight excluding hydrogens is 378 g/mol. The lowest BCUT2D eigenvalue weighted by Crippen LogP contribution is -2.44. The first kappa shape index (κ1) is 20.2. The van der Waals surface area contributed by atoms with Crippen LogP contribution in [0.25, 0.3) is 11.2 Å². The van der Waals surface area contributed by atoms with Gasteiger partial charge in [0, 0.05) is 52.4 Å². The van der Waals surface area contributed by atoms with Crippen LogP contribution in [0.15, 0.2) is 9.95 Å². The zero-order valence-corrected chi connectivity index (χ0v) is 17.2. The van der Waals surface area contributed by atoms with Crippen LogP contribution in [-0.2, 0) is 18.4 Å². The molecule has 0 aliphatic carbocycles. The Morgan fingerprint density at radius 2 is 2.07 bits per heavy atom. The molecular formula is C18H25N7O2S. The number of imidazole rings is 1. The van der Waals surface area contributed by atoms with E-state index in [0.29, 0.717) is 35.2 Å². The van der Waals surface area contributed by atoms with Crippen LogP contribution < -0.4 is 21.1 Å². The number of nitrogens with one attached hydrogen (secondary N) is 2. The van der Waals surface area contributed by atoms with Gasteiger partial charge in [-0.05, 0) is 6.92 Å². The average molecular weight is 404 g/mol. The molecule has 2 aromatic heterocycles. The first-order valence-corrected chi connectivity index (χ1v) is 10.2. The molecule has 0 atom stereocenters. The number of carbonyl (C=O) groups excluding carboxylic acids is 1. The number of anilines is 1. The van der Waals surface area contributed by atoms with Crippen LogP contribution in [-0.4, -0.2) is 63.5 Å². The summed E-state index contributed by atoms with van der Waals surface area (Å²) in [6, 6.07) is 0. The van der Waals surface area contributed by atoms with Crippen molar-refractivity contribution in [3.63, 3.8) is 0 Å². The molecule has 3 heterocycles. The minimum Gasteiger partial charge on any atom is -0.356 e. The average Bonchev–Trinajstić information content (AvgIpc) is 3.06. The van der Waals surface area contributed by atoms with Gasteiger partial charge < -0.3 is 15.5 Å². The summed E-state index contributed by atoms with van der Waals surface area (Å²) in [5.74, 6) is 7.23. The monoisotopic (exact) mass is 403 g/mol. The van der Waals surface area contributed by atoms with Gasteiger partial charge in [-0.25, -0.2) is 4.98 Å². The molecule has 0 bridgehead atoms. The second kappa shape index (κ2) is 9.12. The number of nitrogens with zero attached hydrogens (tertiary/aromatic N) is 5. The number of amides is 1. The Hall–Kier alpha value is -2.51. The molecule has 3 rings (SSSR count). The Labute approximate surface area is 167 Å². The highest BCUT2D eigenvalue weighted by molar-refractivity contribution is 7.99. The third kappa shape index (κ3) is 4.31. The van der Waals surface area contributed by atoms with E-state index in [1.165, 1.54) is 18.7 Å². The van der Waals surface area contributed by atoms with Gasteiger partial charge in [-0.3, -0.25) is 18.7 Å². The molecule has 1 aliphatic rings. The Morgan fingerprint density at radius 3 is 2.75 bits per heavy atom. The summed E-state index contributed by atoms with van der Waals surface area (Å²) in [7, 11) is 1.71. The molecule has 9 nitrogen and oxygen atoms in total. The van der Waals surface area contributed by atoms with Gasteiger partial charge in [-0.15, -0.1) is 5.92 Å². The van der Waals surface area contributed by atoms with Crippen molar-refractivity contribution in [1.82, 2.24) is 29.7 Å². The van der Waals surface area contributed by atoms with Gasteiger partial charge in [-0.1, -0.05) is 17.7 Å². The molecule has 1 fully saturated rings.